The van der Waals surface area contributed by atoms with Crippen LogP contribution in [-0.2, 0) is 9.84 Å². The predicted octanol–water partition coefficient (Wildman–Crippen LogP) is 1.31. The van der Waals surface area contributed by atoms with Crippen molar-refractivity contribution < 1.29 is 18.4 Å². The third-order valence-electron chi connectivity index (χ3n) is 2.34. The van der Waals surface area contributed by atoms with Gasteiger partial charge >= 0.3 is 0 Å². The fourth-order valence-electron chi connectivity index (χ4n) is 1.26. The van der Waals surface area contributed by atoms with Gasteiger partial charge in [0.1, 0.15) is 11.5 Å². The minimum Gasteiger partial charge on any atom is -0.497 e. The van der Waals surface area contributed by atoms with Crippen LogP contribution in [0.2, 0.25) is 0 Å². The molecule has 0 aliphatic rings. The van der Waals surface area contributed by atoms with E-state index in [1.807, 2.05) is 0 Å². The summed E-state index contributed by atoms with van der Waals surface area (Å²) in [7, 11) is -1.68. The van der Waals surface area contributed by atoms with Crippen LogP contribution in [0, 0.1) is 0 Å². The van der Waals surface area contributed by atoms with E-state index in [1.54, 1.807) is 31.2 Å². The Hall–Kier alpha value is -1.56. The molecule has 1 rings (SSSR count). The number of oxime groups is 1. The van der Waals surface area contributed by atoms with E-state index in [4.69, 9.17) is 9.94 Å². The molecule has 0 spiro atoms. The monoisotopic (exact) mass is 257 g/mol. The van der Waals surface area contributed by atoms with Crippen molar-refractivity contribution in [3.63, 3.8) is 0 Å². The number of benzene rings is 1. The molecule has 0 amide bonds. The maximum Gasteiger partial charge on any atom is 0.155 e. The Balaban J connectivity index is 2.95. The van der Waals surface area contributed by atoms with Gasteiger partial charge in [0.05, 0.1) is 12.9 Å². The number of rotatable bonds is 5. The number of sulfone groups is 1. The van der Waals surface area contributed by atoms with Crippen LogP contribution in [0.1, 0.15) is 12.5 Å². The summed E-state index contributed by atoms with van der Waals surface area (Å²) in [6.07, 6.45) is 0. The fourth-order valence-corrected chi connectivity index (χ4v) is 2.11. The third-order valence-corrected chi connectivity index (χ3v) is 3.93. The summed E-state index contributed by atoms with van der Waals surface area (Å²) < 4.78 is 27.9. The van der Waals surface area contributed by atoms with Crippen LogP contribution in [0.4, 0.5) is 0 Å². The minimum atomic E-state index is -3.22. The van der Waals surface area contributed by atoms with Crippen LogP contribution in [0.15, 0.2) is 29.4 Å². The molecule has 1 N–H and O–H groups in total. The molecule has 0 aliphatic heterocycles. The van der Waals surface area contributed by atoms with Crippen molar-refractivity contribution in [2.45, 2.75) is 6.92 Å². The van der Waals surface area contributed by atoms with Gasteiger partial charge in [-0.15, -0.1) is 0 Å². The van der Waals surface area contributed by atoms with E-state index in [9.17, 15) is 8.42 Å². The standard InChI is InChI=1S/C11H15NO4S/c1-3-17(14,15)8-11(12-13)9-4-6-10(16-2)7-5-9/h4-7,13H,3,8H2,1-2H3/b12-11-. The lowest BCUT2D eigenvalue weighted by Crippen LogP contribution is -2.18. The summed E-state index contributed by atoms with van der Waals surface area (Å²) >= 11 is 0. The van der Waals surface area contributed by atoms with Crippen molar-refractivity contribution in [2.75, 3.05) is 18.6 Å². The smallest absolute Gasteiger partial charge is 0.155 e. The molecule has 0 heterocycles. The Morgan fingerprint density at radius 1 is 1.35 bits per heavy atom. The number of ether oxygens (including phenoxy) is 1. The summed E-state index contributed by atoms with van der Waals surface area (Å²) in [5.74, 6) is 0.401. The summed E-state index contributed by atoms with van der Waals surface area (Å²) in [5, 5.41) is 11.9. The SMILES string of the molecule is CCS(=O)(=O)C/C(=N/O)c1ccc(OC)cc1. The molecule has 5 nitrogen and oxygen atoms in total. The first-order chi connectivity index (χ1) is 8.02. The minimum absolute atomic E-state index is 0.0160. The van der Waals surface area contributed by atoms with Gasteiger partial charge in [-0.05, 0) is 24.3 Å². The molecule has 0 aliphatic carbocycles. The number of methoxy groups -OCH3 is 1. The maximum atomic E-state index is 11.4. The lowest BCUT2D eigenvalue weighted by atomic mass is 10.1. The Labute approximate surface area is 101 Å². The van der Waals surface area contributed by atoms with Crippen molar-refractivity contribution in [1.29, 1.82) is 0 Å². The molecule has 0 fully saturated rings. The summed E-state index contributed by atoms with van der Waals surface area (Å²) in [5.41, 5.74) is 0.694. The fraction of sp³-hybridized carbons (Fsp3) is 0.364. The summed E-state index contributed by atoms with van der Waals surface area (Å²) in [6.45, 7) is 1.55. The highest BCUT2D eigenvalue weighted by molar-refractivity contribution is 7.92. The highest BCUT2D eigenvalue weighted by Gasteiger charge is 2.15. The molecule has 0 bridgehead atoms. The molecule has 1 aromatic carbocycles. The molecule has 0 saturated carbocycles. The van der Waals surface area contributed by atoms with Gasteiger partial charge < -0.3 is 9.94 Å². The van der Waals surface area contributed by atoms with Crippen molar-refractivity contribution in [3.05, 3.63) is 29.8 Å². The summed E-state index contributed by atoms with van der Waals surface area (Å²) in [4.78, 5) is 0. The molecule has 94 valence electrons. The summed E-state index contributed by atoms with van der Waals surface area (Å²) in [6, 6.07) is 6.66. The molecule has 0 saturated heterocycles. The molecule has 0 radical (unpaired) electrons. The molecule has 1 aromatic rings. The van der Waals surface area contributed by atoms with Gasteiger partial charge in [0.15, 0.2) is 9.84 Å². The van der Waals surface area contributed by atoms with E-state index in [1.165, 1.54) is 7.11 Å². The average molecular weight is 257 g/mol. The zero-order valence-electron chi connectivity index (χ0n) is 9.75. The Morgan fingerprint density at radius 2 is 1.94 bits per heavy atom. The highest BCUT2D eigenvalue weighted by atomic mass is 32.2. The molecular formula is C11H15NO4S. The third kappa shape index (κ3) is 3.74. The van der Waals surface area contributed by atoms with E-state index in [-0.39, 0.29) is 17.2 Å². The lowest BCUT2D eigenvalue weighted by molar-refractivity contribution is 0.319. The first-order valence-corrected chi connectivity index (χ1v) is 6.90. The number of nitrogens with zero attached hydrogens (tertiary/aromatic N) is 1. The van der Waals surface area contributed by atoms with Crippen LogP contribution >= 0.6 is 0 Å². The van der Waals surface area contributed by atoms with Gasteiger partial charge in [0, 0.05) is 11.3 Å². The molecule has 0 unspecified atom stereocenters. The van der Waals surface area contributed by atoms with Crippen molar-refractivity contribution in [1.82, 2.24) is 0 Å². The Kier molecular flexibility index (Phi) is 4.51. The Morgan fingerprint density at radius 3 is 2.35 bits per heavy atom. The number of hydrogen-bond donors (Lipinski definition) is 1. The maximum absolute atomic E-state index is 11.4. The highest BCUT2D eigenvalue weighted by Crippen LogP contribution is 2.13. The van der Waals surface area contributed by atoms with Crippen LogP contribution in [0.5, 0.6) is 5.75 Å². The Bertz CT molecular complexity index is 491. The molecule has 6 heteroatoms. The van der Waals surface area contributed by atoms with E-state index in [0.717, 1.165) is 0 Å². The zero-order chi connectivity index (χ0) is 12.9. The van der Waals surface area contributed by atoms with Crippen molar-refractivity contribution in [3.8, 4) is 5.75 Å². The topological polar surface area (TPSA) is 76.0 Å². The predicted molar refractivity (Wildman–Crippen MR) is 65.6 cm³/mol. The molecule has 0 atom stereocenters. The van der Waals surface area contributed by atoms with Gasteiger partial charge in [-0.3, -0.25) is 0 Å². The second-order valence-corrected chi connectivity index (χ2v) is 5.80. The van der Waals surface area contributed by atoms with Crippen molar-refractivity contribution >= 4 is 15.5 Å². The average Bonchev–Trinajstić information content (AvgIpc) is 2.36. The van der Waals surface area contributed by atoms with E-state index in [0.29, 0.717) is 11.3 Å². The van der Waals surface area contributed by atoms with Crippen LogP contribution < -0.4 is 4.74 Å². The van der Waals surface area contributed by atoms with Gasteiger partial charge in [0.2, 0.25) is 0 Å². The number of hydrogen-bond acceptors (Lipinski definition) is 5. The lowest BCUT2D eigenvalue weighted by Gasteiger charge is -2.06. The van der Waals surface area contributed by atoms with Crippen LogP contribution in [0.25, 0.3) is 0 Å². The van der Waals surface area contributed by atoms with Gasteiger partial charge in [-0.1, -0.05) is 12.1 Å². The van der Waals surface area contributed by atoms with E-state index < -0.39 is 9.84 Å². The second kappa shape index (κ2) is 5.67. The van der Waals surface area contributed by atoms with Gasteiger partial charge in [-0.25, -0.2) is 8.42 Å². The van der Waals surface area contributed by atoms with E-state index >= 15 is 0 Å². The van der Waals surface area contributed by atoms with Gasteiger partial charge in [-0.2, -0.15) is 0 Å². The largest absolute Gasteiger partial charge is 0.497 e. The zero-order valence-corrected chi connectivity index (χ0v) is 10.6. The normalized spacial score (nSPS) is 12.5. The molecule has 17 heavy (non-hydrogen) atoms. The van der Waals surface area contributed by atoms with E-state index in [2.05, 4.69) is 5.16 Å². The van der Waals surface area contributed by atoms with Crippen LogP contribution in [0.3, 0.4) is 0 Å². The van der Waals surface area contributed by atoms with Crippen LogP contribution in [-0.4, -0.2) is 38.0 Å². The quantitative estimate of drug-likeness (QED) is 0.490. The molecular weight excluding hydrogens is 242 g/mol. The van der Waals surface area contributed by atoms with Crippen molar-refractivity contribution in [2.24, 2.45) is 5.16 Å². The van der Waals surface area contributed by atoms with Gasteiger partial charge in [0.25, 0.3) is 0 Å². The molecule has 0 aromatic heterocycles. The first kappa shape index (κ1) is 13.5. The first-order valence-electron chi connectivity index (χ1n) is 5.08. The second-order valence-electron chi connectivity index (χ2n) is 3.45.